The van der Waals surface area contributed by atoms with Gasteiger partial charge in [0.05, 0.1) is 0 Å². The highest BCUT2D eigenvalue weighted by atomic mass is 14.8. The molecule has 2 rings (SSSR count). The summed E-state index contributed by atoms with van der Waals surface area (Å²) in [6.45, 7) is 4.48. The summed E-state index contributed by atoms with van der Waals surface area (Å²) >= 11 is 0. The molecule has 0 spiro atoms. The van der Waals surface area contributed by atoms with Crippen LogP contribution in [0.5, 0.6) is 0 Å². The Balaban J connectivity index is 2.25. The predicted octanol–water partition coefficient (Wildman–Crippen LogP) is 2.63. The molecular formula is C12H17N. The summed E-state index contributed by atoms with van der Waals surface area (Å²) in [7, 11) is 1.95. The molecule has 70 valence electrons. The molecule has 0 bridgehead atoms. The van der Waals surface area contributed by atoms with Crippen LogP contribution in [0.25, 0.3) is 0 Å². The van der Waals surface area contributed by atoms with E-state index in [1.165, 1.54) is 17.6 Å². The maximum atomic E-state index is 3.08. The summed E-state index contributed by atoms with van der Waals surface area (Å²) in [5, 5.41) is 3.08. The monoisotopic (exact) mass is 175 g/mol. The summed E-state index contributed by atoms with van der Waals surface area (Å²) in [5.74, 6) is 0.780. The molecule has 2 aliphatic carbocycles. The number of hydrogen-bond acceptors (Lipinski definition) is 1. The lowest BCUT2D eigenvalue weighted by Crippen LogP contribution is -2.08. The van der Waals surface area contributed by atoms with E-state index in [4.69, 9.17) is 0 Å². The van der Waals surface area contributed by atoms with Gasteiger partial charge in [-0.05, 0) is 32.4 Å². The zero-order valence-corrected chi connectivity index (χ0v) is 8.59. The fraction of sp³-hybridized carbons (Fsp3) is 0.500. The highest BCUT2D eigenvalue weighted by Crippen LogP contribution is 2.63. The molecule has 2 unspecified atom stereocenters. The van der Waals surface area contributed by atoms with Gasteiger partial charge >= 0.3 is 0 Å². The average Bonchev–Trinajstić information content (AvgIpc) is 2.86. The quantitative estimate of drug-likeness (QED) is 0.680. The normalized spacial score (nSPS) is 36.7. The standard InChI is InChI=1S/C12H17N/c1-9-4-5-10(2)12(6-7-13-3)8-11(9)12/h4-7,11,13H,8H2,1-3H3/b7-6-. The molecule has 0 radical (unpaired) electrons. The second-order valence-electron chi connectivity index (χ2n) is 4.18. The molecule has 0 saturated heterocycles. The van der Waals surface area contributed by atoms with Crippen LogP contribution in [-0.4, -0.2) is 7.05 Å². The fourth-order valence-corrected chi connectivity index (χ4v) is 2.36. The topological polar surface area (TPSA) is 12.0 Å². The van der Waals surface area contributed by atoms with Crippen molar-refractivity contribution in [1.82, 2.24) is 5.32 Å². The van der Waals surface area contributed by atoms with E-state index in [1.54, 1.807) is 0 Å². The van der Waals surface area contributed by atoms with Crippen LogP contribution >= 0.6 is 0 Å². The van der Waals surface area contributed by atoms with Gasteiger partial charge in [0.1, 0.15) is 0 Å². The first-order chi connectivity index (χ1) is 6.20. The van der Waals surface area contributed by atoms with Crippen LogP contribution < -0.4 is 5.32 Å². The van der Waals surface area contributed by atoms with Crippen molar-refractivity contribution in [3.05, 3.63) is 35.6 Å². The summed E-state index contributed by atoms with van der Waals surface area (Å²) in [4.78, 5) is 0. The molecule has 1 nitrogen and oxygen atoms in total. The average molecular weight is 175 g/mol. The van der Waals surface area contributed by atoms with E-state index < -0.39 is 0 Å². The molecule has 0 aliphatic heterocycles. The van der Waals surface area contributed by atoms with Gasteiger partial charge in [0.15, 0.2) is 0 Å². The SMILES string of the molecule is CN/C=C\C12CC1C(C)=CC=C2C. The summed E-state index contributed by atoms with van der Waals surface area (Å²) < 4.78 is 0. The third-order valence-corrected chi connectivity index (χ3v) is 3.43. The molecule has 0 aromatic heterocycles. The molecule has 0 amide bonds. The molecule has 2 aliphatic rings. The van der Waals surface area contributed by atoms with Gasteiger partial charge in [-0.25, -0.2) is 0 Å². The van der Waals surface area contributed by atoms with Gasteiger partial charge in [0.2, 0.25) is 0 Å². The van der Waals surface area contributed by atoms with Crippen LogP contribution in [0.3, 0.4) is 0 Å². The predicted molar refractivity (Wildman–Crippen MR) is 56.3 cm³/mol. The minimum atomic E-state index is 0.377. The first kappa shape index (κ1) is 8.61. The smallest absolute Gasteiger partial charge is 0.0180 e. The molecule has 1 N–H and O–H groups in total. The number of hydrogen-bond donors (Lipinski definition) is 1. The number of rotatable bonds is 2. The molecular weight excluding hydrogens is 158 g/mol. The Hall–Kier alpha value is -0.980. The summed E-state index contributed by atoms with van der Waals surface area (Å²) in [5.41, 5.74) is 3.42. The molecule has 0 heterocycles. The van der Waals surface area contributed by atoms with Crippen molar-refractivity contribution >= 4 is 0 Å². The van der Waals surface area contributed by atoms with Crippen molar-refractivity contribution in [3.8, 4) is 0 Å². The second kappa shape index (κ2) is 2.76. The van der Waals surface area contributed by atoms with Crippen molar-refractivity contribution < 1.29 is 0 Å². The molecule has 1 heteroatoms. The van der Waals surface area contributed by atoms with Crippen LogP contribution in [0, 0.1) is 11.3 Å². The molecule has 0 aromatic carbocycles. The molecule has 0 aromatic rings. The Morgan fingerprint density at radius 3 is 2.92 bits per heavy atom. The number of fused-ring (bicyclic) bond motifs is 1. The van der Waals surface area contributed by atoms with Crippen molar-refractivity contribution in [2.75, 3.05) is 7.05 Å². The largest absolute Gasteiger partial charge is 0.394 e. The highest BCUT2D eigenvalue weighted by Gasteiger charge is 2.54. The Bertz CT molecular complexity index is 309. The van der Waals surface area contributed by atoms with Crippen LogP contribution in [0.2, 0.25) is 0 Å². The first-order valence-electron chi connectivity index (χ1n) is 4.91. The maximum absolute atomic E-state index is 3.08. The zero-order chi connectivity index (χ0) is 9.47. The van der Waals surface area contributed by atoms with Gasteiger partial charge in [-0.3, -0.25) is 0 Å². The van der Waals surface area contributed by atoms with Crippen molar-refractivity contribution in [2.24, 2.45) is 11.3 Å². The highest BCUT2D eigenvalue weighted by molar-refractivity contribution is 5.44. The van der Waals surface area contributed by atoms with Gasteiger partial charge in [0, 0.05) is 12.5 Å². The molecule has 2 atom stereocenters. The lowest BCUT2D eigenvalue weighted by Gasteiger charge is -2.17. The lowest BCUT2D eigenvalue weighted by atomic mass is 9.88. The Morgan fingerprint density at radius 1 is 1.46 bits per heavy atom. The van der Waals surface area contributed by atoms with E-state index in [0.29, 0.717) is 5.41 Å². The van der Waals surface area contributed by atoms with Gasteiger partial charge in [0.25, 0.3) is 0 Å². The maximum Gasteiger partial charge on any atom is 0.0180 e. The van der Waals surface area contributed by atoms with Gasteiger partial charge < -0.3 is 5.32 Å². The van der Waals surface area contributed by atoms with E-state index >= 15 is 0 Å². The number of nitrogens with one attached hydrogen (secondary N) is 1. The lowest BCUT2D eigenvalue weighted by molar-refractivity contribution is 0.695. The van der Waals surface area contributed by atoms with Crippen LogP contribution in [-0.2, 0) is 0 Å². The first-order valence-corrected chi connectivity index (χ1v) is 4.91. The van der Waals surface area contributed by atoms with Gasteiger partial charge in [-0.1, -0.05) is 29.4 Å². The molecule has 13 heavy (non-hydrogen) atoms. The fourth-order valence-electron chi connectivity index (χ4n) is 2.36. The van der Waals surface area contributed by atoms with Crippen molar-refractivity contribution in [1.29, 1.82) is 0 Å². The third-order valence-electron chi connectivity index (χ3n) is 3.43. The van der Waals surface area contributed by atoms with Gasteiger partial charge in [-0.2, -0.15) is 0 Å². The van der Waals surface area contributed by atoms with E-state index in [0.717, 1.165) is 5.92 Å². The molecule has 1 saturated carbocycles. The second-order valence-corrected chi connectivity index (χ2v) is 4.18. The Labute approximate surface area is 80.2 Å². The zero-order valence-electron chi connectivity index (χ0n) is 8.59. The van der Waals surface area contributed by atoms with Crippen molar-refractivity contribution in [2.45, 2.75) is 20.3 Å². The summed E-state index contributed by atoms with van der Waals surface area (Å²) in [6.07, 6.45) is 10.2. The van der Waals surface area contributed by atoms with E-state index in [2.05, 4.69) is 43.6 Å². The van der Waals surface area contributed by atoms with Crippen molar-refractivity contribution in [3.63, 3.8) is 0 Å². The van der Waals surface area contributed by atoms with E-state index in [-0.39, 0.29) is 0 Å². The Morgan fingerprint density at radius 2 is 2.23 bits per heavy atom. The van der Waals surface area contributed by atoms with Gasteiger partial charge in [-0.15, -0.1) is 0 Å². The third kappa shape index (κ3) is 1.14. The van der Waals surface area contributed by atoms with Crippen LogP contribution in [0.15, 0.2) is 35.6 Å². The van der Waals surface area contributed by atoms with E-state index in [9.17, 15) is 0 Å². The minimum Gasteiger partial charge on any atom is -0.394 e. The number of allylic oxidation sites excluding steroid dienone is 5. The Kier molecular flexibility index (Phi) is 1.83. The van der Waals surface area contributed by atoms with Crippen LogP contribution in [0.4, 0.5) is 0 Å². The van der Waals surface area contributed by atoms with Crippen LogP contribution in [0.1, 0.15) is 20.3 Å². The molecule has 1 fully saturated rings. The minimum absolute atomic E-state index is 0.377. The summed E-state index contributed by atoms with van der Waals surface area (Å²) in [6, 6.07) is 0. The van der Waals surface area contributed by atoms with E-state index in [1.807, 2.05) is 7.05 Å².